The zero-order valence-electron chi connectivity index (χ0n) is 14.9. The summed E-state index contributed by atoms with van der Waals surface area (Å²) < 4.78 is 6.22. The Labute approximate surface area is 179 Å². The molecule has 1 saturated heterocycles. The first-order valence-electron chi connectivity index (χ1n) is 8.41. The Bertz CT molecular complexity index is 720. The number of halogens is 2. The fraction of sp³-hybridized carbons (Fsp3) is 0.471. The van der Waals surface area contributed by atoms with Crippen molar-refractivity contribution in [1.82, 2.24) is 20.8 Å². The molecule has 2 aromatic rings. The molecule has 9 heteroatoms. The molecule has 1 aliphatic heterocycles. The minimum absolute atomic E-state index is 0. The smallest absolute Gasteiger partial charge is 0.228 e. The van der Waals surface area contributed by atoms with Crippen molar-refractivity contribution in [1.29, 1.82) is 0 Å². The van der Waals surface area contributed by atoms with E-state index in [1.807, 2.05) is 6.92 Å². The topological polar surface area (TPSA) is 78.6 Å². The van der Waals surface area contributed by atoms with Crippen LogP contribution in [0.1, 0.15) is 18.1 Å². The zero-order valence-corrected chi connectivity index (χ0v) is 18.8. The number of nitrogens with one attached hydrogen (secondary N) is 2. The number of hydrogen-bond acceptors (Lipinski definition) is 5. The van der Waals surface area contributed by atoms with Crippen LogP contribution in [0.2, 0.25) is 0 Å². The van der Waals surface area contributed by atoms with Gasteiger partial charge in [0.1, 0.15) is 0 Å². The summed E-state index contributed by atoms with van der Waals surface area (Å²) >= 11 is 3.48. The van der Waals surface area contributed by atoms with Crippen molar-refractivity contribution in [3.05, 3.63) is 40.5 Å². The van der Waals surface area contributed by atoms with Crippen molar-refractivity contribution in [2.45, 2.75) is 25.8 Å². The van der Waals surface area contributed by atoms with Gasteiger partial charge in [-0.05, 0) is 37.6 Å². The zero-order chi connectivity index (χ0) is 17.6. The molecule has 1 unspecified atom stereocenters. The van der Waals surface area contributed by atoms with Crippen molar-refractivity contribution in [2.24, 2.45) is 4.99 Å². The van der Waals surface area contributed by atoms with Crippen LogP contribution in [-0.4, -0.2) is 48.8 Å². The summed E-state index contributed by atoms with van der Waals surface area (Å²) in [5.41, 5.74) is 1.25. The number of aryl methyl sites for hydroxylation is 1. The summed E-state index contributed by atoms with van der Waals surface area (Å²) in [7, 11) is 1.79. The predicted molar refractivity (Wildman–Crippen MR) is 117 cm³/mol. The lowest BCUT2D eigenvalue weighted by atomic mass is 10.2. The molecule has 2 N–H and O–H groups in total. The van der Waals surface area contributed by atoms with E-state index in [4.69, 9.17) is 4.52 Å². The molecule has 1 aromatic heterocycles. The molecule has 2 heterocycles. The highest BCUT2D eigenvalue weighted by Gasteiger charge is 2.23. The van der Waals surface area contributed by atoms with E-state index >= 15 is 0 Å². The molecule has 0 spiro atoms. The van der Waals surface area contributed by atoms with Crippen LogP contribution in [0.4, 0.5) is 5.69 Å². The number of guanidine groups is 1. The van der Waals surface area contributed by atoms with E-state index in [2.05, 4.69) is 70.9 Å². The Morgan fingerprint density at radius 3 is 2.81 bits per heavy atom. The van der Waals surface area contributed by atoms with Gasteiger partial charge in [0.25, 0.3) is 0 Å². The third-order valence-corrected chi connectivity index (χ3v) is 4.67. The molecule has 1 atom stereocenters. The minimum atomic E-state index is 0. The van der Waals surface area contributed by atoms with Crippen LogP contribution in [0.5, 0.6) is 0 Å². The lowest BCUT2D eigenvalue weighted by Crippen LogP contribution is -2.45. The van der Waals surface area contributed by atoms with Gasteiger partial charge in [0, 0.05) is 49.3 Å². The third-order valence-electron chi connectivity index (χ3n) is 4.15. The molecule has 142 valence electrons. The van der Waals surface area contributed by atoms with Gasteiger partial charge < -0.3 is 20.1 Å². The Balaban J connectivity index is 0.00000243. The summed E-state index contributed by atoms with van der Waals surface area (Å²) in [6.07, 6.45) is 1.76. The van der Waals surface area contributed by atoms with E-state index in [0.717, 1.165) is 29.9 Å². The van der Waals surface area contributed by atoms with E-state index in [-0.39, 0.29) is 24.0 Å². The second-order valence-electron chi connectivity index (χ2n) is 6.04. The molecule has 0 amide bonds. The molecule has 26 heavy (non-hydrogen) atoms. The average Bonchev–Trinajstić information content (AvgIpc) is 3.24. The molecule has 1 fully saturated rings. The maximum atomic E-state index is 5.11. The summed E-state index contributed by atoms with van der Waals surface area (Å²) in [5.74, 6) is 2.11. The van der Waals surface area contributed by atoms with Gasteiger partial charge in [-0.25, -0.2) is 0 Å². The van der Waals surface area contributed by atoms with Crippen molar-refractivity contribution < 1.29 is 4.52 Å². The average molecular weight is 535 g/mol. The van der Waals surface area contributed by atoms with E-state index in [0.29, 0.717) is 30.7 Å². The molecule has 3 rings (SSSR count). The van der Waals surface area contributed by atoms with Crippen LogP contribution >= 0.6 is 39.9 Å². The number of anilines is 1. The Hall–Kier alpha value is -1.36. The highest BCUT2D eigenvalue weighted by Crippen LogP contribution is 2.22. The Kier molecular flexibility index (Phi) is 8.14. The molecule has 0 saturated carbocycles. The van der Waals surface area contributed by atoms with E-state index in [1.165, 1.54) is 5.69 Å². The first-order valence-corrected chi connectivity index (χ1v) is 9.20. The van der Waals surface area contributed by atoms with Gasteiger partial charge >= 0.3 is 0 Å². The van der Waals surface area contributed by atoms with Crippen LogP contribution in [0.15, 0.2) is 38.3 Å². The molecule has 1 aromatic carbocycles. The van der Waals surface area contributed by atoms with Gasteiger partial charge in [0.05, 0.1) is 0 Å². The Morgan fingerprint density at radius 1 is 1.38 bits per heavy atom. The molecular formula is C17H24BrIN6O. The highest BCUT2D eigenvalue weighted by atomic mass is 127. The van der Waals surface area contributed by atoms with Crippen molar-refractivity contribution >= 4 is 51.6 Å². The predicted octanol–water partition coefficient (Wildman–Crippen LogP) is 2.74. The molecule has 0 bridgehead atoms. The molecule has 7 nitrogen and oxygen atoms in total. The van der Waals surface area contributed by atoms with Crippen LogP contribution in [-0.2, 0) is 6.42 Å². The maximum absolute atomic E-state index is 5.11. The second-order valence-corrected chi connectivity index (χ2v) is 6.95. The van der Waals surface area contributed by atoms with E-state index in [9.17, 15) is 0 Å². The van der Waals surface area contributed by atoms with Crippen LogP contribution in [0.25, 0.3) is 0 Å². The normalized spacial score (nSPS) is 17.1. The van der Waals surface area contributed by atoms with Crippen molar-refractivity contribution in [3.8, 4) is 0 Å². The summed E-state index contributed by atoms with van der Waals surface area (Å²) in [5, 5.41) is 10.6. The largest absolute Gasteiger partial charge is 0.369 e. The first-order chi connectivity index (χ1) is 12.1. The number of benzene rings is 1. The Morgan fingerprint density at radius 2 is 2.15 bits per heavy atom. The van der Waals surface area contributed by atoms with Gasteiger partial charge in [-0.2, -0.15) is 4.98 Å². The summed E-state index contributed by atoms with van der Waals surface area (Å²) in [6, 6.07) is 8.82. The van der Waals surface area contributed by atoms with Gasteiger partial charge in [-0.15, -0.1) is 24.0 Å². The van der Waals surface area contributed by atoms with E-state index in [1.54, 1.807) is 7.05 Å². The quantitative estimate of drug-likeness (QED) is 0.349. The SMILES string of the molecule is CN=C(NCCc1nc(C)no1)NC1CCN(c2ccc(Br)cc2)C1.I. The van der Waals surface area contributed by atoms with Crippen LogP contribution in [0, 0.1) is 6.92 Å². The number of rotatable bonds is 5. The number of aromatic nitrogens is 2. The van der Waals surface area contributed by atoms with Gasteiger partial charge in [-0.1, -0.05) is 21.1 Å². The van der Waals surface area contributed by atoms with Gasteiger partial charge in [-0.3, -0.25) is 4.99 Å². The first kappa shape index (κ1) is 20.9. The van der Waals surface area contributed by atoms with Crippen LogP contribution in [0.3, 0.4) is 0 Å². The lowest BCUT2D eigenvalue weighted by molar-refractivity contribution is 0.374. The van der Waals surface area contributed by atoms with Gasteiger partial charge in [0.2, 0.25) is 5.89 Å². The third kappa shape index (κ3) is 5.83. The minimum Gasteiger partial charge on any atom is -0.369 e. The highest BCUT2D eigenvalue weighted by molar-refractivity contribution is 14.0. The maximum Gasteiger partial charge on any atom is 0.228 e. The van der Waals surface area contributed by atoms with Gasteiger partial charge in [0.15, 0.2) is 11.8 Å². The standard InChI is InChI=1S/C17H23BrN6O.HI/c1-12-21-16(25-23-12)7-9-20-17(19-2)22-14-8-10-24(11-14)15-5-3-13(18)4-6-15;/h3-6,14H,7-11H2,1-2H3,(H2,19,20,22);1H. The number of aliphatic imine (C=N–C) groups is 1. The number of hydrogen-bond donors (Lipinski definition) is 2. The lowest BCUT2D eigenvalue weighted by Gasteiger charge is -2.20. The molecule has 1 aliphatic rings. The summed E-state index contributed by atoms with van der Waals surface area (Å²) in [4.78, 5) is 10.9. The second kappa shape index (κ2) is 10.1. The van der Waals surface area contributed by atoms with Crippen molar-refractivity contribution in [3.63, 3.8) is 0 Å². The molecule has 0 radical (unpaired) electrons. The summed E-state index contributed by atoms with van der Waals surface area (Å²) in [6.45, 7) is 4.52. The van der Waals surface area contributed by atoms with E-state index < -0.39 is 0 Å². The van der Waals surface area contributed by atoms with Crippen molar-refractivity contribution in [2.75, 3.05) is 31.6 Å². The molecule has 0 aliphatic carbocycles. The monoisotopic (exact) mass is 534 g/mol. The van der Waals surface area contributed by atoms with Crippen LogP contribution < -0.4 is 15.5 Å². The fourth-order valence-corrected chi connectivity index (χ4v) is 3.15. The molecular weight excluding hydrogens is 511 g/mol. The number of nitrogens with zero attached hydrogens (tertiary/aromatic N) is 4. The fourth-order valence-electron chi connectivity index (χ4n) is 2.88.